The van der Waals surface area contributed by atoms with Crippen LogP contribution in [-0.4, -0.2) is 32.2 Å². The molecule has 6 nitrogen and oxygen atoms in total. The average molecular weight is 442 g/mol. The number of thiazole rings is 1. The van der Waals surface area contributed by atoms with Gasteiger partial charge in [-0.15, -0.1) is 11.3 Å². The van der Waals surface area contributed by atoms with E-state index in [2.05, 4.69) is 20.5 Å². The minimum Gasteiger partial charge on any atom is -0.351 e. The van der Waals surface area contributed by atoms with Gasteiger partial charge in [0.1, 0.15) is 15.7 Å². The Kier molecular flexibility index (Phi) is 6.18. The lowest BCUT2D eigenvalue weighted by atomic mass is 10.1. The Bertz CT molecular complexity index is 1070. The molecule has 0 radical (unpaired) electrons. The number of halogens is 3. The van der Waals surface area contributed by atoms with Crippen LogP contribution in [0.25, 0.3) is 10.6 Å². The maximum absolute atomic E-state index is 12.7. The van der Waals surface area contributed by atoms with Crippen molar-refractivity contribution in [3.63, 3.8) is 0 Å². The highest BCUT2D eigenvalue weighted by Crippen LogP contribution is 2.32. The van der Waals surface area contributed by atoms with Gasteiger partial charge in [-0.05, 0) is 38.2 Å². The Morgan fingerprint density at radius 2 is 2.00 bits per heavy atom. The largest absolute Gasteiger partial charge is 0.416 e. The molecule has 11 heteroatoms. The van der Waals surface area contributed by atoms with Gasteiger partial charge in [0.15, 0.2) is 4.77 Å². The van der Waals surface area contributed by atoms with E-state index in [0.29, 0.717) is 45.4 Å². The van der Waals surface area contributed by atoms with Crippen LogP contribution in [0.5, 0.6) is 0 Å². The van der Waals surface area contributed by atoms with Crippen LogP contribution in [-0.2, 0) is 19.1 Å². The van der Waals surface area contributed by atoms with Crippen LogP contribution in [0.15, 0.2) is 24.3 Å². The average Bonchev–Trinajstić information content (AvgIpc) is 3.23. The van der Waals surface area contributed by atoms with Gasteiger partial charge in [0.2, 0.25) is 0 Å². The van der Waals surface area contributed by atoms with E-state index in [0.717, 1.165) is 29.3 Å². The fraction of sp³-hybridized carbons (Fsp3) is 0.333. The highest BCUT2D eigenvalue weighted by atomic mass is 32.1. The summed E-state index contributed by atoms with van der Waals surface area (Å²) in [6, 6.07) is 4.73. The standard InChI is InChI=1S/C18H18F3N5OS2/c1-3-26-13(24-25-17(26)28)8-9-22-15(27)14-10(2)23-16(29-14)11-4-6-12(7-5-11)18(19,20)21/h4-7H,3,8-9H2,1-2H3,(H,22,27)(H,25,28). The van der Waals surface area contributed by atoms with E-state index in [4.69, 9.17) is 12.2 Å². The summed E-state index contributed by atoms with van der Waals surface area (Å²) in [5, 5.41) is 10.2. The molecule has 0 atom stereocenters. The molecule has 0 aliphatic carbocycles. The first-order valence-electron chi connectivity index (χ1n) is 8.78. The number of aryl methyl sites for hydroxylation is 1. The molecule has 0 saturated carbocycles. The second-order valence-corrected chi connectivity index (χ2v) is 7.59. The van der Waals surface area contributed by atoms with Crippen LogP contribution in [0.2, 0.25) is 0 Å². The van der Waals surface area contributed by atoms with Gasteiger partial charge in [0.25, 0.3) is 5.91 Å². The summed E-state index contributed by atoms with van der Waals surface area (Å²) in [6.45, 7) is 4.70. The van der Waals surface area contributed by atoms with Crippen molar-refractivity contribution >= 4 is 29.5 Å². The first kappa shape index (κ1) is 21.2. The fourth-order valence-corrected chi connectivity index (χ4v) is 4.04. The topological polar surface area (TPSA) is 75.6 Å². The fourth-order valence-electron chi connectivity index (χ4n) is 2.77. The van der Waals surface area contributed by atoms with Crippen molar-refractivity contribution < 1.29 is 18.0 Å². The van der Waals surface area contributed by atoms with Gasteiger partial charge in [-0.3, -0.25) is 9.89 Å². The number of aromatic amines is 1. The second kappa shape index (κ2) is 8.46. The lowest BCUT2D eigenvalue weighted by Gasteiger charge is -2.06. The molecule has 2 heterocycles. The maximum Gasteiger partial charge on any atom is 0.416 e. The smallest absolute Gasteiger partial charge is 0.351 e. The Labute approximate surface area is 173 Å². The van der Waals surface area contributed by atoms with E-state index in [1.54, 1.807) is 6.92 Å². The normalized spacial score (nSPS) is 11.6. The number of amides is 1. The molecular formula is C18H18F3N5OS2. The zero-order chi connectivity index (χ0) is 21.2. The lowest BCUT2D eigenvalue weighted by Crippen LogP contribution is -2.26. The molecule has 3 rings (SSSR count). The Morgan fingerprint density at radius 3 is 2.62 bits per heavy atom. The highest BCUT2D eigenvalue weighted by molar-refractivity contribution is 7.71. The third-order valence-electron chi connectivity index (χ3n) is 4.25. The predicted molar refractivity (Wildman–Crippen MR) is 106 cm³/mol. The molecule has 2 aromatic heterocycles. The zero-order valence-electron chi connectivity index (χ0n) is 15.6. The van der Waals surface area contributed by atoms with Gasteiger partial charge < -0.3 is 9.88 Å². The summed E-state index contributed by atoms with van der Waals surface area (Å²) in [4.78, 5) is 17.3. The minimum absolute atomic E-state index is 0.282. The Balaban J connectivity index is 1.68. The van der Waals surface area contributed by atoms with E-state index in [-0.39, 0.29) is 5.91 Å². The first-order chi connectivity index (χ1) is 13.7. The van der Waals surface area contributed by atoms with Gasteiger partial charge in [-0.25, -0.2) is 4.98 Å². The van der Waals surface area contributed by atoms with Gasteiger partial charge in [-0.1, -0.05) is 12.1 Å². The van der Waals surface area contributed by atoms with Crippen LogP contribution in [0, 0.1) is 11.7 Å². The number of nitrogens with one attached hydrogen (secondary N) is 2. The minimum atomic E-state index is -4.39. The number of H-pyrrole nitrogens is 1. The quantitative estimate of drug-likeness (QED) is 0.557. The Morgan fingerprint density at radius 1 is 1.31 bits per heavy atom. The van der Waals surface area contributed by atoms with Crippen LogP contribution in [0.1, 0.15) is 33.7 Å². The van der Waals surface area contributed by atoms with Gasteiger partial charge in [-0.2, -0.15) is 18.3 Å². The van der Waals surface area contributed by atoms with E-state index in [1.807, 2.05) is 11.5 Å². The van der Waals surface area contributed by atoms with E-state index in [9.17, 15) is 18.0 Å². The molecule has 0 bridgehead atoms. The van der Waals surface area contributed by atoms with Gasteiger partial charge in [0, 0.05) is 25.1 Å². The highest BCUT2D eigenvalue weighted by Gasteiger charge is 2.30. The van der Waals surface area contributed by atoms with Gasteiger partial charge >= 0.3 is 6.18 Å². The van der Waals surface area contributed by atoms with E-state index >= 15 is 0 Å². The number of alkyl halides is 3. The summed E-state index contributed by atoms with van der Waals surface area (Å²) in [5.74, 6) is 0.472. The van der Waals surface area contributed by atoms with Crippen molar-refractivity contribution in [1.29, 1.82) is 0 Å². The van der Waals surface area contributed by atoms with Crippen molar-refractivity contribution in [3.8, 4) is 10.6 Å². The maximum atomic E-state index is 12.7. The summed E-state index contributed by atoms with van der Waals surface area (Å²) < 4.78 is 40.5. The number of nitrogens with zero attached hydrogens (tertiary/aromatic N) is 3. The van der Waals surface area contributed by atoms with Crippen LogP contribution >= 0.6 is 23.6 Å². The van der Waals surface area contributed by atoms with Crippen molar-refractivity contribution in [1.82, 2.24) is 25.1 Å². The van der Waals surface area contributed by atoms with E-state index in [1.165, 1.54) is 12.1 Å². The zero-order valence-corrected chi connectivity index (χ0v) is 17.3. The summed E-state index contributed by atoms with van der Waals surface area (Å²) in [6.07, 6.45) is -3.88. The number of carbonyl (C=O) groups is 1. The number of carbonyl (C=O) groups excluding carboxylic acids is 1. The molecule has 0 aliphatic heterocycles. The monoisotopic (exact) mass is 441 g/mol. The molecule has 0 unspecified atom stereocenters. The number of hydrogen-bond donors (Lipinski definition) is 2. The summed E-state index contributed by atoms with van der Waals surface area (Å²) in [7, 11) is 0. The van der Waals surface area contributed by atoms with Crippen LogP contribution in [0.3, 0.4) is 0 Å². The molecule has 2 N–H and O–H groups in total. The number of rotatable bonds is 6. The number of benzene rings is 1. The molecule has 29 heavy (non-hydrogen) atoms. The molecule has 0 spiro atoms. The molecule has 0 saturated heterocycles. The third kappa shape index (κ3) is 4.73. The van der Waals surface area contributed by atoms with E-state index < -0.39 is 11.7 Å². The predicted octanol–water partition coefficient (Wildman–Crippen LogP) is 4.38. The van der Waals surface area contributed by atoms with Crippen molar-refractivity contribution in [2.24, 2.45) is 0 Å². The summed E-state index contributed by atoms with van der Waals surface area (Å²) in [5.41, 5.74) is 0.333. The molecule has 0 fully saturated rings. The van der Waals surface area contributed by atoms with Crippen LogP contribution < -0.4 is 5.32 Å². The molecule has 1 amide bonds. The van der Waals surface area contributed by atoms with Crippen LogP contribution in [0.4, 0.5) is 13.2 Å². The second-order valence-electron chi connectivity index (χ2n) is 6.20. The van der Waals surface area contributed by atoms with Crippen molar-refractivity contribution in [3.05, 3.63) is 51.0 Å². The summed E-state index contributed by atoms with van der Waals surface area (Å²) >= 11 is 6.28. The molecule has 1 aromatic carbocycles. The number of aromatic nitrogens is 4. The van der Waals surface area contributed by atoms with Crippen molar-refractivity contribution in [2.45, 2.75) is 33.0 Å². The molecular weight excluding hydrogens is 423 g/mol. The number of hydrogen-bond acceptors (Lipinski definition) is 5. The molecule has 0 aliphatic rings. The van der Waals surface area contributed by atoms with Crippen molar-refractivity contribution in [2.75, 3.05) is 6.54 Å². The molecule has 154 valence electrons. The molecule has 3 aromatic rings. The van der Waals surface area contributed by atoms with Gasteiger partial charge in [0.05, 0.1) is 11.3 Å². The Hall–Kier alpha value is -2.53. The SMILES string of the molecule is CCn1c(CCNC(=O)c2sc(-c3ccc(C(F)(F)F)cc3)nc2C)n[nH]c1=S. The lowest BCUT2D eigenvalue weighted by molar-refractivity contribution is -0.137. The first-order valence-corrected chi connectivity index (χ1v) is 10.0. The third-order valence-corrected chi connectivity index (χ3v) is 5.77.